The zero-order valence-electron chi connectivity index (χ0n) is 17.2. The maximum absolute atomic E-state index is 11.8. The average Bonchev–Trinajstić information content (AvgIpc) is 2.64. The number of hydrogen-bond donors (Lipinski definition) is 2. The topological polar surface area (TPSA) is 74.6 Å². The minimum absolute atomic E-state index is 0.274. The molecule has 1 aromatic carbocycles. The molecule has 152 valence electrons. The van der Waals surface area contributed by atoms with E-state index in [4.69, 9.17) is 0 Å². The van der Waals surface area contributed by atoms with Gasteiger partial charge in [-0.3, -0.25) is 0 Å². The first-order valence-electron chi connectivity index (χ1n) is 10.6. The smallest absolute Gasteiger partial charge is 0.335 e. The Morgan fingerprint density at radius 3 is 1.89 bits per heavy atom. The molecule has 1 unspecified atom stereocenters. The van der Waals surface area contributed by atoms with Gasteiger partial charge >= 0.3 is 11.9 Å². The maximum Gasteiger partial charge on any atom is 0.335 e. The van der Waals surface area contributed by atoms with Crippen LogP contribution in [0.25, 0.3) is 0 Å². The summed E-state index contributed by atoms with van der Waals surface area (Å²) < 4.78 is 0. The molecule has 0 aliphatic heterocycles. The fourth-order valence-electron chi connectivity index (χ4n) is 3.75. The number of benzene rings is 1. The van der Waals surface area contributed by atoms with Crippen LogP contribution in [0.4, 0.5) is 0 Å². The van der Waals surface area contributed by atoms with E-state index >= 15 is 0 Å². The lowest BCUT2D eigenvalue weighted by Crippen LogP contribution is -2.15. The van der Waals surface area contributed by atoms with Crippen LogP contribution in [0.3, 0.4) is 0 Å². The molecule has 0 aliphatic carbocycles. The predicted molar refractivity (Wildman–Crippen MR) is 110 cm³/mol. The molecule has 1 rings (SSSR count). The van der Waals surface area contributed by atoms with Crippen LogP contribution in [0.2, 0.25) is 0 Å². The van der Waals surface area contributed by atoms with E-state index in [1.54, 1.807) is 0 Å². The monoisotopic (exact) mass is 376 g/mol. The lowest BCUT2D eigenvalue weighted by Gasteiger charge is -2.21. The van der Waals surface area contributed by atoms with E-state index in [0.29, 0.717) is 18.8 Å². The first-order valence-corrected chi connectivity index (χ1v) is 10.6. The molecule has 4 heteroatoms. The first-order chi connectivity index (χ1) is 13.0. The molecule has 2 N–H and O–H groups in total. The van der Waals surface area contributed by atoms with Gasteiger partial charge in [0.2, 0.25) is 0 Å². The van der Waals surface area contributed by atoms with E-state index < -0.39 is 11.9 Å². The van der Waals surface area contributed by atoms with E-state index in [1.165, 1.54) is 18.6 Å². The van der Waals surface area contributed by atoms with Crippen LogP contribution in [0, 0.1) is 5.92 Å². The summed E-state index contributed by atoms with van der Waals surface area (Å²) >= 11 is 0. The van der Waals surface area contributed by atoms with Crippen molar-refractivity contribution in [2.75, 3.05) is 0 Å². The second-order valence-corrected chi connectivity index (χ2v) is 7.51. The number of carboxylic acid groups (broad SMARTS) is 2. The number of carbonyl (C=O) groups is 2. The SMILES string of the molecule is CCCCCCCc1c(C(=O)O)ccc(C(=O)O)c1CC(CC)CCCC. The van der Waals surface area contributed by atoms with Crippen LogP contribution in [0.5, 0.6) is 0 Å². The third kappa shape index (κ3) is 7.36. The molecule has 0 saturated carbocycles. The van der Waals surface area contributed by atoms with E-state index in [0.717, 1.165) is 62.5 Å². The Morgan fingerprint density at radius 2 is 1.37 bits per heavy atom. The Bertz CT molecular complexity index is 607. The van der Waals surface area contributed by atoms with Gasteiger partial charge < -0.3 is 10.2 Å². The molecule has 0 heterocycles. The van der Waals surface area contributed by atoms with Crippen molar-refractivity contribution in [2.45, 2.75) is 91.4 Å². The molecule has 1 atom stereocenters. The molecule has 0 radical (unpaired) electrons. The summed E-state index contributed by atoms with van der Waals surface area (Å²) in [6.45, 7) is 6.45. The van der Waals surface area contributed by atoms with Crippen molar-refractivity contribution in [3.05, 3.63) is 34.4 Å². The highest BCUT2D eigenvalue weighted by Crippen LogP contribution is 2.28. The predicted octanol–water partition coefficient (Wildman–Crippen LogP) is 6.35. The Morgan fingerprint density at radius 1 is 0.815 bits per heavy atom. The molecular formula is C23H36O4. The lowest BCUT2D eigenvalue weighted by molar-refractivity contribution is 0.0678. The first kappa shape index (κ1) is 23.2. The van der Waals surface area contributed by atoms with Crippen molar-refractivity contribution in [3.8, 4) is 0 Å². The van der Waals surface area contributed by atoms with Gasteiger partial charge in [0, 0.05) is 0 Å². The molecule has 0 amide bonds. The van der Waals surface area contributed by atoms with Crippen LogP contribution in [-0.2, 0) is 12.8 Å². The Balaban J connectivity index is 3.20. The van der Waals surface area contributed by atoms with Gasteiger partial charge in [-0.05, 0) is 48.4 Å². The second kappa shape index (κ2) is 12.5. The molecule has 0 bridgehead atoms. The Labute approximate surface area is 164 Å². The van der Waals surface area contributed by atoms with Gasteiger partial charge in [-0.25, -0.2) is 9.59 Å². The van der Waals surface area contributed by atoms with E-state index in [1.807, 2.05) is 0 Å². The largest absolute Gasteiger partial charge is 0.478 e. The van der Waals surface area contributed by atoms with Gasteiger partial charge in [0.1, 0.15) is 0 Å². The quantitative estimate of drug-likeness (QED) is 0.371. The minimum Gasteiger partial charge on any atom is -0.478 e. The van der Waals surface area contributed by atoms with E-state index in [-0.39, 0.29) is 11.1 Å². The fraction of sp³-hybridized carbons (Fsp3) is 0.652. The molecule has 0 aromatic heterocycles. The summed E-state index contributed by atoms with van der Waals surface area (Å²) in [7, 11) is 0. The number of carboxylic acids is 2. The number of aromatic carboxylic acids is 2. The minimum atomic E-state index is -0.960. The van der Waals surface area contributed by atoms with Crippen molar-refractivity contribution in [2.24, 2.45) is 5.92 Å². The molecular weight excluding hydrogens is 340 g/mol. The Kier molecular flexibility index (Phi) is 10.8. The second-order valence-electron chi connectivity index (χ2n) is 7.51. The van der Waals surface area contributed by atoms with Crippen LogP contribution >= 0.6 is 0 Å². The standard InChI is InChI=1S/C23H36O4/c1-4-7-9-10-11-13-18-19(22(24)25)14-15-20(23(26)27)21(18)16-17(6-3)12-8-5-2/h14-15,17H,4-13,16H2,1-3H3,(H,24,25)(H,26,27). The molecule has 1 aromatic rings. The van der Waals surface area contributed by atoms with Gasteiger partial charge in [-0.2, -0.15) is 0 Å². The summed E-state index contributed by atoms with van der Waals surface area (Å²) in [4.78, 5) is 23.6. The van der Waals surface area contributed by atoms with Crippen molar-refractivity contribution < 1.29 is 19.8 Å². The highest BCUT2D eigenvalue weighted by Gasteiger charge is 2.22. The lowest BCUT2D eigenvalue weighted by atomic mass is 9.84. The van der Waals surface area contributed by atoms with Gasteiger partial charge in [0.25, 0.3) is 0 Å². The molecule has 0 spiro atoms. The van der Waals surface area contributed by atoms with Gasteiger partial charge in [0.05, 0.1) is 11.1 Å². The third-order valence-corrected chi connectivity index (χ3v) is 5.46. The molecule has 27 heavy (non-hydrogen) atoms. The highest BCUT2D eigenvalue weighted by atomic mass is 16.4. The molecule has 0 aliphatic rings. The molecule has 0 fully saturated rings. The van der Waals surface area contributed by atoms with E-state index in [9.17, 15) is 19.8 Å². The molecule has 0 saturated heterocycles. The fourth-order valence-corrected chi connectivity index (χ4v) is 3.75. The van der Waals surface area contributed by atoms with Crippen molar-refractivity contribution in [3.63, 3.8) is 0 Å². The summed E-state index contributed by atoms with van der Waals surface area (Å²) in [6, 6.07) is 2.96. The van der Waals surface area contributed by atoms with Crippen LogP contribution in [-0.4, -0.2) is 22.2 Å². The Hall–Kier alpha value is -1.84. The average molecular weight is 377 g/mol. The number of unbranched alkanes of at least 4 members (excludes halogenated alkanes) is 5. The van der Waals surface area contributed by atoms with Crippen LogP contribution < -0.4 is 0 Å². The van der Waals surface area contributed by atoms with Crippen molar-refractivity contribution >= 4 is 11.9 Å². The molecule has 4 nitrogen and oxygen atoms in total. The van der Waals surface area contributed by atoms with Crippen molar-refractivity contribution in [1.29, 1.82) is 0 Å². The van der Waals surface area contributed by atoms with E-state index in [2.05, 4.69) is 20.8 Å². The number of hydrogen-bond acceptors (Lipinski definition) is 2. The summed E-state index contributed by atoms with van der Waals surface area (Å²) in [5.41, 5.74) is 2.05. The zero-order chi connectivity index (χ0) is 20.2. The summed E-state index contributed by atoms with van der Waals surface area (Å²) in [5, 5.41) is 19.3. The van der Waals surface area contributed by atoms with Gasteiger partial charge in [-0.15, -0.1) is 0 Å². The van der Waals surface area contributed by atoms with Gasteiger partial charge in [-0.1, -0.05) is 72.1 Å². The zero-order valence-corrected chi connectivity index (χ0v) is 17.2. The maximum atomic E-state index is 11.8. The van der Waals surface area contributed by atoms with Crippen molar-refractivity contribution in [1.82, 2.24) is 0 Å². The third-order valence-electron chi connectivity index (χ3n) is 5.46. The van der Waals surface area contributed by atoms with Gasteiger partial charge in [0.15, 0.2) is 0 Å². The summed E-state index contributed by atoms with van der Waals surface area (Å²) in [5.74, 6) is -1.52. The van der Waals surface area contributed by atoms with Crippen LogP contribution in [0.15, 0.2) is 12.1 Å². The summed E-state index contributed by atoms with van der Waals surface area (Å²) in [6.07, 6.45) is 11.0. The number of rotatable bonds is 14. The van der Waals surface area contributed by atoms with Crippen LogP contribution in [0.1, 0.15) is 110 Å². The normalized spacial score (nSPS) is 12.1. The highest BCUT2D eigenvalue weighted by molar-refractivity contribution is 5.95.